The number of carbonyl (C=O) groups excluding carboxylic acids is 1. The van der Waals surface area contributed by atoms with Crippen LogP contribution in [0.2, 0.25) is 0 Å². The summed E-state index contributed by atoms with van der Waals surface area (Å²) in [7, 11) is 2.98. The standard InChI is InChI=1S/C20H20N2O4/c1-12-7-8-15-13(9-12)10-14(19(23)22-15)11-21-20(24)18-16(25-2)5-4-6-17(18)26-3/h4-10H,11H2,1-3H3,(H,21,24)(H,22,23). The first-order chi connectivity index (χ1) is 12.5. The number of rotatable bonds is 5. The van der Waals surface area contributed by atoms with Crippen molar-refractivity contribution in [2.24, 2.45) is 0 Å². The van der Waals surface area contributed by atoms with Crippen molar-refractivity contribution in [3.05, 3.63) is 69.5 Å². The number of carbonyl (C=O) groups is 1. The van der Waals surface area contributed by atoms with E-state index in [2.05, 4.69) is 10.3 Å². The second-order valence-corrected chi connectivity index (χ2v) is 5.93. The summed E-state index contributed by atoms with van der Waals surface area (Å²) < 4.78 is 10.5. The molecule has 0 unspecified atom stereocenters. The Hall–Kier alpha value is -3.28. The molecule has 3 aromatic rings. The van der Waals surface area contributed by atoms with Crippen LogP contribution in [0.4, 0.5) is 0 Å². The van der Waals surface area contributed by atoms with E-state index in [0.29, 0.717) is 22.6 Å². The molecule has 1 amide bonds. The maximum Gasteiger partial charge on any atom is 0.259 e. The van der Waals surface area contributed by atoms with Gasteiger partial charge in [0.05, 0.1) is 14.2 Å². The predicted octanol–water partition coefficient (Wildman–Crippen LogP) is 2.78. The Labute approximate surface area is 150 Å². The maximum absolute atomic E-state index is 12.6. The van der Waals surface area contributed by atoms with Gasteiger partial charge in [-0.1, -0.05) is 17.7 Å². The molecular weight excluding hydrogens is 332 g/mol. The lowest BCUT2D eigenvalue weighted by molar-refractivity contribution is 0.0944. The first kappa shape index (κ1) is 17.5. The predicted molar refractivity (Wildman–Crippen MR) is 100 cm³/mol. The number of benzene rings is 2. The second-order valence-electron chi connectivity index (χ2n) is 5.93. The number of methoxy groups -OCH3 is 2. The van der Waals surface area contributed by atoms with Gasteiger partial charge in [-0.25, -0.2) is 0 Å². The Morgan fingerprint density at radius 2 is 1.77 bits per heavy atom. The third-order valence-electron chi connectivity index (χ3n) is 4.17. The summed E-state index contributed by atoms with van der Waals surface area (Å²) in [4.78, 5) is 27.7. The van der Waals surface area contributed by atoms with Gasteiger partial charge in [0.1, 0.15) is 17.1 Å². The van der Waals surface area contributed by atoms with Crippen LogP contribution in [0.25, 0.3) is 10.9 Å². The first-order valence-corrected chi connectivity index (χ1v) is 8.15. The molecule has 0 aliphatic heterocycles. The number of aryl methyl sites for hydroxylation is 1. The van der Waals surface area contributed by atoms with E-state index in [1.54, 1.807) is 24.3 Å². The Morgan fingerprint density at radius 3 is 2.42 bits per heavy atom. The lowest BCUT2D eigenvalue weighted by Crippen LogP contribution is -2.27. The van der Waals surface area contributed by atoms with E-state index in [4.69, 9.17) is 9.47 Å². The van der Waals surface area contributed by atoms with Crippen molar-refractivity contribution in [2.75, 3.05) is 14.2 Å². The summed E-state index contributed by atoms with van der Waals surface area (Å²) in [5.41, 5.74) is 2.41. The highest BCUT2D eigenvalue weighted by atomic mass is 16.5. The van der Waals surface area contributed by atoms with Crippen LogP contribution >= 0.6 is 0 Å². The average molecular weight is 352 g/mol. The fourth-order valence-electron chi connectivity index (χ4n) is 2.84. The van der Waals surface area contributed by atoms with Crippen LogP contribution in [0.15, 0.2) is 47.3 Å². The molecule has 1 heterocycles. The summed E-state index contributed by atoms with van der Waals surface area (Å²) in [6, 6.07) is 12.7. The number of H-pyrrole nitrogens is 1. The topological polar surface area (TPSA) is 80.4 Å². The third-order valence-corrected chi connectivity index (χ3v) is 4.17. The zero-order valence-electron chi connectivity index (χ0n) is 14.9. The molecule has 26 heavy (non-hydrogen) atoms. The van der Waals surface area contributed by atoms with E-state index < -0.39 is 0 Å². The molecule has 0 aliphatic rings. The minimum Gasteiger partial charge on any atom is -0.496 e. The second kappa shape index (κ2) is 7.31. The van der Waals surface area contributed by atoms with Crippen molar-refractivity contribution in [3.8, 4) is 11.5 Å². The minimum absolute atomic E-state index is 0.0965. The lowest BCUT2D eigenvalue weighted by atomic mass is 10.1. The molecule has 134 valence electrons. The third kappa shape index (κ3) is 3.39. The molecule has 2 N–H and O–H groups in total. The van der Waals surface area contributed by atoms with E-state index in [1.807, 2.05) is 25.1 Å². The molecule has 0 saturated carbocycles. The summed E-state index contributed by atoms with van der Waals surface area (Å²) in [6.45, 7) is 2.08. The van der Waals surface area contributed by atoms with Gasteiger partial charge in [-0.05, 0) is 42.6 Å². The monoisotopic (exact) mass is 352 g/mol. The number of ether oxygens (including phenoxy) is 2. The number of nitrogens with one attached hydrogen (secondary N) is 2. The highest BCUT2D eigenvalue weighted by Gasteiger charge is 2.18. The van der Waals surface area contributed by atoms with E-state index in [0.717, 1.165) is 16.5 Å². The summed E-state index contributed by atoms with van der Waals surface area (Å²) >= 11 is 0. The normalized spacial score (nSPS) is 10.6. The summed E-state index contributed by atoms with van der Waals surface area (Å²) in [5, 5.41) is 3.69. The van der Waals surface area contributed by atoms with Crippen LogP contribution in [0.5, 0.6) is 11.5 Å². The number of hydrogen-bond donors (Lipinski definition) is 2. The molecule has 6 heteroatoms. The molecule has 0 aliphatic carbocycles. The SMILES string of the molecule is COc1cccc(OC)c1C(=O)NCc1cc2cc(C)ccc2[nH]c1=O. The quantitative estimate of drug-likeness (QED) is 0.740. The van der Waals surface area contributed by atoms with E-state index in [9.17, 15) is 9.59 Å². The largest absolute Gasteiger partial charge is 0.496 e. The van der Waals surface area contributed by atoms with Crippen molar-refractivity contribution in [1.29, 1.82) is 0 Å². The lowest BCUT2D eigenvalue weighted by Gasteiger charge is -2.13. The summed E-state index contributed by atoms with van der Waals surface area (Å²) in [5.74, 6) is 0.442. The van der Waals surface area contributed by atoms with Crippen LogP contribution in [0.3, 0.4) is 0 Å². The van der Waals surface area contributed by atoms with E-state index in [1.165, 1.54) is 14.2 Å². The van der Waals surface area contributed by atoms with Gasteiger partial charge in [0.25, 0.3) is 11.5 Å². The highest BCUT2D eigenvalue weighted by molar-refractivity contribution is 5.99. The summed E-state index contributed by atoms with van der Waals surface area (Å²) in [6.07, 6.45) is 0. The molecule has 0 atom stereocenters. The van der Waals surface area contributed by atoms with Gasteiger partial charge in [-0.15, -0.1) is 0 Å². The molecule has 0 spiro atoms. The minimum atomic E-state index is -0.372. The van der Waals surface area contributed by atoms with Gasteiger partial charge in [0, 0.05) is 17.6 Å². The molecule has 3 rings (SSSR count). The fraction of sp³-hybridized carbons (Fsp3) is 0.200. The van der Waals surface area contributed by atoms with Crippen LogP contribution in [-0.4, -0.2) is 25.1 Å². The Balaban J connectivity index is 1.88. The first-order valence-electron chi connectivity index (χ1n) is 8.15. The van der Waals surface area contributed by atoms with Crippen LogP contribution in [-0.2, 0) is 6.54 Å². The smallest absolute Gasteiger partial charge is 0.259 e. The van der Waals surface area contributed by atoms with E-state index >= 15 is 0 Å². The van der Waals surface area contributed by atoms with Gasteiger partial charge in [0.15, 0.2) is 0 Å². The van der Waals surface area contributed by atoms with Crippen molar-refractivity contribution >= 4 is 16.8 Å². The number of aromatic nitrogens is 1. The zero-order valence-corrected chi connectivity index (χ0v) is 14.9. The fourth-order valence-corrected chi connectivity index (χ4v) is 2.84. The van der Waals surface area contributed by atoms with Gasteiger partial charge in [-0.2, -0.15) is 0 Å². The molecule has 0 fully saturated rings. The van der Waals surface area contributed by atoms with Gasteiger partial charge in [0.2, 0.25) is 0 Å². The Morgan fingerprint density at radius 1 is 1.08 bits per heavy atom. The Kier molecular flexibility index (Phi) is 4.93. The number of fused-ring (bicyclic) bond motifs is 1. The van der Waals surface area contributed by atoms with Crippen molar-refractivity contribution in [3.63, 3.8) is 0 Å². The van der Waals surface area contributed by atoms with Crippen LogP contribution in [0.1, 0.15) is 21.5 Å². The van der Waals surface area contributed by atoms with Gasteiger partial charge < -0.3 is 19.8 Å². The van der Waals surface area contributed by atoms with Gasteiger partial charge in [-0.3, -0.25) is 9.59 Å². The number of pyridine rings is 1. The number of hydrogen-bond acceptors (Lipinski definition) is 4. The molecule has 6 nitrogen and oxygen atoms in total. The molecule has 0 bridgehead atoms. The Bertz CT molecular complexity index is 1000. The van der Waals surface area contributed by atoms with E-state index in [-0.39, 0.29) is 18.0 Å². The molecule has 0 saturated heterocycles. The average Bonchev–Trinajstić information content (AvgIpc) is 2.65. The van der Waals surface area contributed by atoms with Crippen LogP contribution in [0, 0.1) is 6.92 Å². The molecule has 2 aromatic carbocycles. The molecule has 1 aromatic heterocycles. The highest BCUT2D eigenvalue weighted by Crippen LogP contribution is 2.28. The maximum atomic E-state index is 12.6. The van der Waals surface area contributed by atoms with Crippen molar-refractivity contribution in [2.45, 2.75) is 13.5 Å². The van der Waals surface area contributed by atoms with Crippen molar-refractivity contribution in [1.82, 2.24) is 10.3 Å². The van der Waals surface area contributed by atoms with Gasteiger partial charge >= 0.3 is 0 Å². The molecular formula is C20H20N2O4. The number of aromatic amines is 1. The molecule has 0 radical (unpaired) electrons. The zero-order chi connectivity index (χ0) is 18.7. The van der Waals surface area contributed by atoms with Crippen molar-refractivity contribution < 1.29 is 14.3 Å². The van der Waals surface area contributed by atoms with Crippen LogP contribution < -0.4 is 20.3 Å². The number of amides is 1.